The van der Waals surface area contributed by atoms with E-state index in [-0.39, 0.29) is 5.97 Å². The first-order valence-corrected chi connectivity index (χ1v) is 6.44. The van der Waals surface area contributed by atoms with Crippen molar-refractivity contribution in [1.82, 2.24) is 5.32 Å². The fraction of sp³-hybridized carbons (Fsp3) is 0.833. The summed E-state index contributed by atoms with van der Waals surface area (Å²) in [4.78, 5) is 15.2. The summed E-state index contributed by atoms with van der Waals surface area (Å²) in [6.07, 6.45) is 6.00. The molecule has 0 atom stereocenters. The zero-order valence-corrected chi connectivity index (χ0v) is 10.6. The molecule has 5 heteroatoms. The number of guanidine groups is 1. The summed E-state index contributed by atoms with van der Waals surface area (Å²) in [5.74, 6) is 0.339. The van der Waals surface area contributed by atoms with Crippen LogP contribution in [-0.2, 0) is 9.53 Å². The molecule has 0 aromatic carbocycles. The van der Waals surface area contributed by atoms with E-state index in [1.807, 2.05) is 0 Å². The highest BCUT2D eigenvalue weighted by molar-refractivity contribution is 5.78. The van der Waals surface area contributed by atoms with Crippen LogP contribution in [0.4, 0.5) is 0 Å². The molecule has 0 aromatic heterocycles. The maximum atomic E-state index is 11.0. The Morgan fingerprint density at radius 3 is 2.82 bits per heavy atom. The molecule has 5 nitrogen and oxygen atoms in total. The summed E-state index contributed by atoms with van der Waals surface area (Å²) >= 11 is 0. The van der Waals surface area contributed by atoms with Gasteiger partial charge in [0.1, 0.15) is 0 Å². The average Bonchev–Trinajstić information content (AvgIpc) is 2.77. The lowest BCUT2D eigenvalue weighted by atomic mass is 10.2. The molecular formula is C12H23N3O2. The Morgan fingerprint density at radius 2 is 2.18 bits per heavy atom. The Balaban J connectivity index is 2.08. The Labute approximate surface area is 103 Å². The van der Waals surface area contributed by atoms with Gasteiger partial charge in [0.2, 0.25) is 0 Å². The van der Waals surface area contributed by atoms with Crippen molar-refractivity contribution in [2.24, 2.45) is 10.7 Å². The lowest BCUT2D eigenvalue weighted by Gasteiger charge is -2.12. The molecule has 0 spiro atoms. The summed E-state index contributed by atoms with van der Waals surface area (Å²) < 4.78 is 4.82. The van der Waals surface area contributed by atoms with E-state index in [1.54, 1.807) is 6.92 Å². The largest absolute Gasteiger partial charge is 0.466 e. The van der Waals surface area contributed by atoms with E-state index in [4.69, 9.17) is 10.5 Å². The van der Waals surface area contributed by atoms with Crippen molar-refractivity contribution >= 4 is 11.9 Å². The number of rotatable bonds is 6. The predicted octanol–water partition coefficient (Wildman–Crippen LogP) is 1.18. The van der Waals surface area contributed by atoms with Crippen molar-refractivity contribution in [2.45, 2.75) is 51.5 Å². The van der Waals surface area contributed by atoms with Gasteiger partial charge in [-0.25, -0.2) is 0 Å². The first-order chi connectivity index (χ1) is 8.22. The van der Waals surface area contributed by atoms with Crippen LogP contribution in [0.25, 0.3) is 0 Å². The molecule has 1 fully saturated rings. The van der Waals surface area contributed by atoms with Gasteiger partial charge in [0.25, 0.3) is 0 Å². The van der Waals surface area contributed by atoms with E-state index in [0.717, 1.165) is 0 Å². The number of nitrogens with zero attached hydrogens (tertiary/aromatic N) is 1. The summed E-state index contributed by atoms with van der Waals surface area (Å²) in [6, 6.07) is 0.490. The van der Waals surface area contributed by atoms with Gasteiger partial charge in [0.15, 0.2) is 5.96 Å². The van der Waals surface area contributed by atoms with Gasteiger partial charge < -0.3 is 15.8 Å². The highest BCUT2D eigenvalue weighted by atomic mass is 16.5. The van der Waals surface area contributed by atoms with Crippen LogP contribution < -0.4 is 11.1 Å². The Hall–Kier alpha value is -1.26. The number of esters is 1. The minimum absolute atomic E-state index is 0.162. The van der Waals surface area contributed by atoms with Gasteiger partial charge in [0.05, 0.1) is 6.61 Å². The van der Waals surface area contributed by atoms with Crippen molar-refractivity contribution in [2.75, 3.05) is 13.2 Å². The lowest BCUT2D eigenvalue weighted by molar-refractivity contribution is -0.143. The molecule has 1 saturated carbocycles. The van der Waals surface area contributed by atoms with E-state index in [9.17, 15) is 4.79 Å². The molecule has 0 bridgehead atoms. The number of nitrogens with one attached hydrogen (secondary N) is 1. The van der Waals surface area contributed by atoms with Crippen LogP contribution in [0, 0.1) is 0 Å². The van der Waals surface area contributed by atoms with Gasteiger partial charge in [-0.3, -0.25) is 9.79 Å². The molecular weight excluding hydrogens is 218 g/mol. The van der Waals surface area contributed by atoms with Gasteiger partial charge in [0, 0.05) is 19.0 Å². The molecule has 0 saturated heterocycles. The Kier molecular flexibility index (Phi) is 6.43. The van der Waals surface area contributed by atoms with Crippen LogP contribution in [0.15, 0.2) is 4.99 Å². The normalized spacial score (nSPS) is 17.1. The highest BCUT2D eigenvalue weighted by Gasteiger charge is 2.14. The quantitative estimate of drug-likeness (QED) is 0.317. The smallest absolute Gasteiger partial charge is 0.305 e. The zero-order valence-electron chi connectivity index (χ0n) is 10.6. The molecule has 98 valence electrons. The fourth-order valence-corrected chi connectivity index (χ4v) is 1.98. The monoisotopic (exact) mass is 241 g/mol. The van der Waals surface area contributed by atoms with Gasteiger partial charge in [-0.1, -0.05) is 12.8 Å². The molecule has 0 aliphatic heterocycles. The topological polar surface area (TPSA) is 76.7 Å². The van der Waals surface area contributed by atoms with Crippen LogP contribution in [-0.4, -0.2) is 31.1 Å². The third-order valence-corrected chi connectivity index (χ3v) is 2.83. The molecule has 0 amide bonds. The first kappa shape index (κ1) is 13.8. The minimum Gasteiger partial charge on any atom is -0.466 e. The molecule has 1 aliphatic rings. The molecule has 0 aromatic rings. The van der Waals surface area contributed by atoms with Crippen molar-refractivity contribution in [3.05, 3.63) is 0 Å². The number of ether oxygens (including phenoxy) is 1. The van der Waals surface area contributed by atoms with Crippen molar-refractivity contribution < 1.29 is 9.53 Å². The van der Waals surface area contributed by atoms with E-state index in [1.165, 1.54) is 25.7 Å². The maximum absolute atomic E-state index is 11.0. The van der Waals surface area contributed by atoms with Crippen LogP contribution in [0.2, 0.25) is 0 Å². The summed E-state index contributed by atoms with van der Waals surface area (Å²) in [5.41, 5.74) is 5.75. The van der Waals surface area contributed by atoms with Crippen LogP contribution >= 0.6 is 0 Å². The number of nitrogens with two attached hydrogens (primary N) is 1. The zero-order chi connectivity index (χ0) is 12.5. The highest BCUT2D eigenvalue weighted by Crippen LogP contribution is 2.17. The third kappa shape index (κ3) is 6.14. The number of hydrogen-bond acceptors (Lipinski definition) is 3. The van der Waals surface area contributed by atoms with E-state index < -0.39 is 0 Å². The van der Waals surface area contributed by atoms with Gasteiger partial charge >= 0.3 is 5.97 Å². The van der Waals surface area contributed by atoms with Crippen LogP contribution in [0.3, 0.4) is 0 Å². The fourth-order valence-electron chi connectivity index (χ4n) is 1.98. The lowest BCUT2D eigenvalue weighted by Crippen LogP contribution is -2.38. The summed E-state index contributed by atoms with van der Waals surface area (Å²) in [5, 5.41) is 3.20. The third-order valence-electron chi connectivity index (χ3n) is 2.83. The molecule has 1 rings (SSSR count). The van der Waals surface area contributed by atoms with E-state index in [2.05, 4.69) is 10.3 Å². The number of carbonyl (C=O) groups excluding carboxylic acids is 1. The van der Waals surface area contributed by atoms with Crippen molar-refractivity contribution in [3.63, 3.8) is 0 Å². The second-order valence-corrected chi connectivity index (χ2v) is 4.30. The molecule has 17 heavy (non-hydrogen) atoms. The second-order valence-electron chi connectivity index (χ2n) is 4.30. The van der Waals surface area contributed by atoms with E-state index >= 15 is 0 Å². The van der Waals surface area contributed by atoms with Crippen LogP contribution in [0.5, 0.6) is 0 Å². The van der Waals surface area contributed by atoms with Crippen LogP contribution in [0.1, 0.15) is 45.4 Å². The average molecular weight is 241 g/mol. The summed E-state index contributed by atoms with van der Waals surface area (Å²) in [6.45, 7) is 2.82. The van der Waals surface area contributed by atoms with Gasteiger partial charge in [-0.2, -0.15) is 0 Å². The predicted molar refractivity (Wildman–Crippen MR) is 67.7 cm³/mol. The number of carbonyl (C=O) groups is 1. The van der Waals surface area contributed by atoms with Gasteiger partial charge in [-0.05, 0) is 26.2 Å². The summed E-state index contributed by atoms with van der Waals surface area (Å²) in [7, 11) is 0. The van der Waals surface area contributed by atoms with E-state index in [0.29, 0.717) is 38.0 Å². The molecule has 0 heterocycles. The van der Waals surface area contributed by atoms with Crippen molar-refractivity contribution in [3.8, 4) is 0 Å². The minimum atomic E-state index is -0.162. The molecule has 1 aliphatic carbocycles. The number of aliphatic imine (C=N–C) groups is 1. The van der Waals surface area contributed by atoms with Gasteiger partial charge in [-0.15, -0.1) is 0 Å². The SMILES string of the molecule is CCOC(=O)CCCN=C(N)NC1CCCC1. The standard InChI is InChI=1S/C12H23N3O2/c1-2-17-11(16)8-5-9-14-12(13)15-10-6-3-4-7-10/h10H,2-9H2,1H3,(H3,13,14,15). The number of hydrogen-bond donors (Lipinski definition) is 2. The molecule has 0 unspecified atom stereocenters. The molecule has 3 N–H and O–H groups in total. The van der Waals surface area contributed by atoms with Crippen molar-refractivity contribution in [1.29, 1.82) is 0 Å². The Morgan fingerprint density at radius 1 is 1.47 bits per heavy atom. The Bertz CT molecular complexity index is 260. The first-order valence-electron chi connectivity index (χ1n) is 6.44. The second kappa shape index (κ2) is 7.92. The molecule has 0 radical (unpaired) electrons. The maximum Gasteiger partial charge on any atom is 0.305 e.